The number of hydrogen-bond donors (Lipinski definition) is 3. The number of benzene rings is 3. The van der Waals surface area contributed by atoms with Gasteiger partial charge >= 0.3 is 0 Å². The molecule has 0 fully saturated rings. The maximum Gasteiger partial charge on any atom is 0.257 e. The minimum atomic E-state index is -0.381. The summed E-state index contributed by atoms with van der Waals surface area (Å²) in [5.41, 5.74) is 2.32. The van der Waals surface area contributed by atoms with E-state index in [9.17, 15) is 9.59 Å². The third-order valence-electron chi connectivity index (χ3n) is 4.85. The van der Waals surface area contributed by atoms with Crippen molar-refractivity contribution in [3.8, 4) is 5.75 Å². The molecule has 0 aliphatic carbocycles. The average molecular weight is 540 g/mol. The van der Waals surface area contributed by atoms with E-state index in [1.54, 1.807) is 42.5 Å². The molecule has 176 valence electrons. The second-order valence-electron chi connectivity index (χ2n) is 7.87. The van der Waals surface area contributed by atoms with E-state index in [0.717, 1.165) is 5.56 Å². The number of thiocarbonyl (C=S) groups is 1. The van der Waals surface area contributed by atoms with E-state index in [2.05, 4.69) is 31.9 Å². The van der Waals surface area contributed by atoms with Crippen LogP contribution in [-0.4, -0.2) is 23.0 Å². The Morgan fingerprint density at radius 1 is 0.912 bits per heavy atom. The fraction of sp³-hybridized carbons (Fsp3) is 0.192. The van der Waals surface area contributed by atoms with Gasteiger partial charge in [-0.1, -0.05) is 42.5 Å². The summed E-state index contributed by atoms with van der Waals surface area (Å²) in [5.74, 6) is 0.0177. The number of ether oxygens (including phenoxy) is 1. The molecule has 8 heteroatoms. The summed E-state index contributed by atoms with van der Waals surface area (Å²) in [4.78, 5) is 25.6. The maximum absolute atomic E-state index is 12.9. The molecule has 3 aromatic rings. The van der Waals surface area contributed by atoms with Crippen LogP contribution in [0.4, 0.5) is 5.69 Å². The maximum atomic E-state index is 12.9. The number of anilines is 1. The van der Waals surface area contributed by atoms with Crippen LogP contribution in [-0.2, 0) is 0 Å². The lowest BCUT2D eigenvalue weighted by atomic mass is 10.1. The molecule has 0 spiro atoms. The summed E-state index contributed by atoms with van der Waals surface area (Å²) in [5, 5.41) is 8.69. The molecule has 0 aliphatic heterocycles. The fourth-order valence-corrected chi connectivity index (χ4v) is 3.88. The van der Waals surface area contributed by atoms with Crippen LogP contribution in [0.3, 0.4) is 0 Å². The molecule has 0 aliphatic rings. The number of hydrogen-bond acceptors (Lipinski definition) is 4. The van der Waals surface area contributed by atoms with Crippen LogP contribution in [0.1, 0.15) is 53.1 Å². The Labute approximate surface area is 213 Å². The summed E-state index contributed by atoms with van der Waals surface area (Å²) < 4.78 is 6.35. The van der Waals surface area contributed by atoms with E-state index in [0.29, 0.717) is 27.0 Å². The Kier molecular flexibility index (Phi) is 8.79. The molecule has 6 nitrogen and oxygen atoms in total. The largest absolute Gasteiger partial charge is 0.490 e. The molecule has 3 N–H and O–H groups in total. The third kappa shape index (κ3) is 6.88. The number of nitrogens with one attached hydrogen (secondary N) is 3. The highest BCUT2D eigenvalue weighted by Gasteiger charge is 2.17. The number of amides is 2. The van der Waals surface area contributed by atoms with Gasteiger partial charge in [-0.2, -0.15) is 0 Å². The van der Waals surface area contributed by atoms with Gasteiger partial charge in [-0.15, -0.1) is 0 Å². The van der Waals surface area contributed by atoms with E-state index >= 15 is 0 Å². The van der Waals surface area contributed by atoms with Crippen molar-refractivity contribution in [3.63, 3.8) is 0 Å². The van der Waals surface area contributed by atoms with Gasteiger partial charge in [0.1, 0.15) is 5.75 Å². The minimum Gasteiger partial charge on any atom is -0.490 e. The van der Waals surface area contributed by atoms with Gasteiger partial charge in [0.15, 0.2) is 5.11 Å². The zero-order valence-electron chi connectivity index (χ0n) is 19.1. The number of halogens is 1. The Hall–Kier alpha value is -3.23. The first-order chi connectivity index (χ1) is 16.2. The van der Waals surface area contributed by atoms with Crippen LogP contribution >= 0.6 is 28.1 Å². The number of carbonyl (C=O) groups is 2. The Morgan fingerprint density at radius 3 is 2.26 bits per heavy atom. The highest BCUT2D eigenvalue weighted by atomic mass is 79.9. The summed E-state index contributed by atoms with van der Waals surface area (Å²) in [6, 6.07) is 21.6. The van der Waals surface area contributed by atoms with Gasteiger partial charge < -0.3 is 15.4 Å². The molecular weight excluding hydrogens is 514 g/mol. The molecule has 1 atom stereocenters. The number of carbonyl (C=O) groups excluding carboxylic acids is 2. The molecule has 0 saturated heterocycles. The third-order valence-corrected chi connectivity index (χ3v) is 5.67. The summed E-state index contributed by atoms with van der Waals surface area (Å²) in [7, 11) is 0. The second kappa shape index (κ2) is 11.8. The molecule has 3 aromatic carbocycles. The molecule has 0 saturated carbocycles. The van der Waals surface area contributed by atoms with Crippen molar-refractivity contribution < 1.29 is 14.3 Å². The van der Waals surface area contributed by atoms with E-state index in [-0.39, 0.29) is 29.1 Å². The number of rotatable bonds is 7. The SMILES string of the molecule is CC(C)Oc1ccc(C(=O)NC(=S)Nc2ccccc2C(=O)NC(C)c2ccccc2)cc1Br. The monoisotopic (exact) mass is 539 g/mol. The van der Waals surface area contributed by atoms with Crippen molar-refractivity contribution in [1.82, 2.24) is 10.6 Å². The zero-order chi connectivity index (χ0) is 24.7. The molecule has 34 heavy (non-hydrogen) atoms. The van der Waals surface area contributed by atoms with E-state index < -0.39 is 0 Å². The van der Waals surface area contributed by atoms with Crippen molar-refractivity contribution in [2.45, 2.75) is 32.9 Å². The van der Waals surface area contributed by atoms with Gasteiger partial charge in [-0.05, 0) is 84.8 Å². The van der Waals surface area contributed by atoms with Gasteiger partial charge in [0.25, 0.3) is 11.8 Å². The van der Waals surface area contributed by atoms with Crippen molar-refractivity contribution >= 4 is 50.8 Å². The van der Waals surface area contributed by atoms with Gasteiger partial charge in [-0.25, -0.2) is 0 Å². The van der Waals surface area contributed by atoms with Crippen LogP contribution < -0.4 is 20.7 Å². The van der Waals surface area contributed by atoms with Crippen molar-refractivity contribution in [2.24, 2.45) is 0 Å². The van der Waals surface area contributed by atoms with Crippen molar-refractivity contribution in [2.75, 3.05) is 5.32 Å². The topological polar surface area (TPSA) is 79.5 Å². The van der Waals surface area contributed by atoms with Crippen LogP contribution in [0, 0.1) is 0 Å². The quantitative estimate of drug-likeness (QED) is 0.328. The average Bonchev–Trinajstić information content (AvgIpc) is 2.80. The van der Waals surface area contributed by atoms with Gasteiger partial charge in [0, 0.05) is 5.56 Å². The Balaban J connectivity index is 1.66. The normalized spacial score (nSPS) is 11.4. The van der Waals surface area contributed by atoms with Gasteiger partial charge in [0.05, 0.1) is 27.9 Å². The molecule has 0 heterocycles. The molecule has 3 rings (SSSR count). The van der Waals surface area contributed by atoms with Crippen molar-refractivity contribution in [1.29, 1.82) is 0 Å². The molecule has 0 radical (unpaired) electrons. The summed E-state index contributed by atoms with van der Waals surface area (Å²) in [6.45, 7) is 5.78. The predicted molar refractivity (Wildman–Crippen MR) is 142 cm³/mol. The highest BCUT2D eigenvalue weighted by molar-refractivity contribution is 9.10. The van der Waals surface area contributed by atoms with E-state index in [1.807, 2.05) is 51.1 Å². The van der Waals surface area contributed by atoms with Crippen LogP contribution in [0.15, 0.2) is 77.3 Å². The summed E-state index contributed by atoms with van der Waals surface area (Å²) >= 11 is 8.76. The first kappa shape index (κ1) is 25.4. The molecular formula is C26H26BrN3O3S. The van der Waals surface area contributed by atoms with Crippen LogP contribution in [0.5, 0.6) is 5.75 Å². The van der Waals surface area contributed by atoms with E-state index in [1.165, 1.54) is 0 Å². The predicted octanol–water partition coefficient (Wildman–Crippen LogP) is 5.85. The first-order valence-corrected chi connectivity index (χ1v) is 12.0. The lowest BCUT2D eigenvalue weighted by molar-refractivity contribution is 0.0939. The van der Waals surface area contributed by atoms with Gasteiger partial charge in [-0.3, -0.25) is 14.9 Å². The first-order valence-electron chi connectivity index (χ1n) is 10.8. The lowest BCUT2D eigenvalue weighted by Gasteiger charge is -2.17. The lowest BCUT2D eigenvalue weighted by Crippen LogP contribution is -2.35. The smallest absolute Gasteiger partial charge is 0.257 e. The highest BCUT2D eigenvalue weighted by Crippen LogP contribution is 2.27. The zero-order valence-corrected chi connectivity index (χ0v) is 21.5. The van der Waals surface area contributed by atoms with E-state index in [4.69, 9.17) is 17.0 Å². The second-order valence-corrected chi connectivity index (χ2v) is 9.13. The van der Waals surface area contributed by atoms with Crippen LogP contribution in [0.2, 0.25) is 0 Å². The van der Waals surface area contributed by atoms with Gasteiger partial charge in [0.2, 0.25) is 0 Å². The molecule has 1 unspecified atom stereocenters. The summed E-state index contributed by atoms with van der Waals surface area (Å²) in [6.07, 6.45) is 0.0145. The molecule has 0 aromatic heterocycles. The van der Waals surface area contributed by atoms with Crippen molar-refractivity contribution in [3.05, 3.63) is 94.0 Å². The molecule has 0 bridgehead atoms. The number of para-hydroxylation sites is 1. The fourth-order valence-electron chi connectivity index (χ4n) is 3.21. The Bertz CT molecular complexity index is 1180. The van der Waals surface area contributed by atoms with Crippen LogP contribution in [0.25, 0.3) is 0 Å². The standard InChI is InChI=1S/C26H26BrN3O3S/c1-16(2)33-23-14-13-19(15-21(23)27)24(31)30-26(34)29-22-12-8-7-11-20(22)25(32)28-17(3)18-9-5-4-6-10-18/h4-17H,1-3H3,(H,28,32)(H2,29,30,31,34). The minimum absolute atomic E-state index is 0.0145. The Morgan fingerprint density at radius 2 is 1.59 bits per heavy atom. The molecule has 2 amide bonds.